The van der Waals surface area contributed by atoms with Crippen molar-refractivity contribution in [3.8, 4) is 0 Å². The Morgan fingerprint density at radius 3 is 2.43 bits per heavy atom. The minimum absolute atomic E-state index is 0.0424. The Hall–Kier alpha value is -1.83. The Morgan fingerprint density at radius 1 is 1.43 bits per heavy atom. The molecule has 0 spiro atoms. The highest BCUT2D eigenvalue weighted by Gasteiger charge is 2.34. The number of nitrogens with two attached hydrogens (primary N) is 2. The van der Waals surface area contributed by atoms with Gasteiger partial charge in [-0.3, -0.25) is 4.79 Å². The Morgan fingerprint density at radius 2 is 2.00 bits per heavy atom. The number of carbonyl (C=O) groups is 1. The fourth-order valence-corrected chi connectivity index (χ4v) is 2.22. The molecular formula is C10H14F3N5O4S. The zero-order valence-corrected chi connectivity index (χ0v) is 12.6. The Kier molecular flexibility index (Phi) is 5.63. The van der Waals surface area contributed by atoms with Crippen molar-refractivity contribution in [3.05, 3.63) is 23.3 Å². The van der Waals surface area contributed by atoms with Gasteiger partial charge in [-0.1, -0.05) is 0 Å². The minimum Gasteiger partial charge on any atom is -0.480 e. The molecule has 5 N–H and O–H groups in total. The van der Waals surface area contributed by atoms with E-state index in [4.69, 9.17) is 16.0 Å². The van der Waals surface area contributed by atoms with Crippen LogP contribution in [0.2, 0.25) is 0 Å². The molecule has 0 aromatic carbocycles. The van der Waals surface area contributed by atoms with Gasteiger partial charge < -0.3 is 10.8 Å². The molecule has 13 heteroatoms. The Labute approximate surface area is 129 Å². The quantitative estimate of drug-likeness (QED) is 0.604. The summed E-state index contributed by atoms with van der Waals surface area (Å²) in [6.45, 7) is -0.220. The van der Waals surface area contributed by atoms with Gasteiger partial charge in [0, 0.05) is 12.2 Å². The monoisotopic (exact) mass is 357 g/mol. The van der Waals surface area contributed by atoms with Crippen molar-refractivity contribution >= 4 is 16.2 Å². The second-order valence-corrected chi connectivity index (χ2v) is 6.14. The molecule has 23 heavy (non-hydrogen) atoms. The second-order valence-electron chi connectivity index (χ2n) is 4.59. The lowest BCUT2D eigenvalue weighted by Crippen LogP contribution is -2.47. The lowest BCUT2D eigenvalue weighted by molar-refractivity contribution is -0.141. The summed E-state index contributed by atoms with van der Waals surface area (Å²) in [5, 5.41) is 13.6. The molecule has 0 aliphatic heterocycles. The lowest BCUT2D eigenvalue weighted by Gasteiger charge is -2.21. The van der Waals surface area contributed by atoms with Crippen LogP contribution in [0.1, 0.15) is 17.2 Å². The fourth-order valence-electron chi connectivity index (χ4n) is 1.56. The first-order valence-electron chi connectivity index (χ1n) is 5.98. The third-order valence-electron chi connectivity index (χ3n) is 2.59. The summed E-state index contributed by atoms with van der Waals surface area (Å²) in [4.78, 5) is 17.6. The maximum Gasteiger partial charge on any atom is 0.433 e. The lowest BCUT2D eigenvalue weighted by atomic mass is 10.3. The van der Waals surface area contributed by atoms with Gasteiger partial charge >= 0.3 is 12.1 Å². The largest absolute Gasteiger partial charge is 0.480 e. The molecule has 9 nitrogen and oxygen atoms in total. The molecule has 1 rings (SSSR count). The van der Waals surface area contributed by atoms with Crippen LogP contribution < -0.4 is 10.9 Å². The standard InChI is InChI=1S/C10H14F3N5O4S/c1-5-2-7(10(11,12)13)17-8(16-5)4-18(23(15,21)22)3-6(14)9(19)20/h2,6H,3-4,14H2,1H3,(H,19,20)(H2,15,21,22). The predicted molar refractivity (Wildman–Crippen MR) is 70.9 cm³/mol. The van der Waals surface area contributed by atoms with Crippen LogP contribution in [0.4, 0.5) is 13.2 Å². The molecule has 0 saturated heterocycles. The van der Waals surface area contributed by atoms with Crippen LogP contribution in [0.5, 0.6) is 0 Å². The zero-order chi connectivity index (χ0) is 18.0. The van der Waals surface area contributed by atoms with E-state index < -0.39 is 53.0 Å². The van der Waals surface area contributed by atoms with Gasteiger partial charge in [0.05, 0.1) is 6.54 Å². The average molecular weight is 357 g/mol. The van der Waals surface area contributed by atoms with Crippen molar-refractivity contribution in [2.75, 3.05) is 6.54 Å². The van der Waals surface area contributed by atoms with Crippen molar-refractivity contribution in [1.29, 1.82) is 0 Å². The number of hydrogen-bond donors (Lipinski definition) is 3. The number of carboxylic acids is 1. The van der Waals surface area contributed by atoms with E-state index in [9.17, 15) is 26.4 Å². The molecule has 1 aromatic rings. The van der Waals surface area contributed by atoms with Gasteiger partial charge in [-0.2, -0.15) is 25.9 Å². The summed E-state index contributed by atoms with van der Waals surface area (Å²) in [7, 11) is -4.42. The van der Waals surface area contributed by atoms with Crippen LogP contribution >= 0.6 is 0 Å². The van der Waals surface area contributed by atoms with E-state index in [1.54, 1.807) is 0 Å². The molecule has 1 unspecified atom stereocenters. The molecule has 0 aliphatic rings. The Bertz CT molecular complexity index is 694. The van der Waals surface area contributed by atoms with Gasteiger partial charge in [-0.25, -0.2) is 15.1 Å². The van der Waals surface area contributed by atoms with Crippen LogP contribution in [0, 0.1) is 6.92 Å². The molecule has 0 saturated carbocycles. The number of carboxylic acid groups (broad SMARTS) is 1. The van der Waals surface area contributed by atoms with E-state index in [0.717, 1.165) is 0 Å². The summed E-state index contributed by atoms with van der Waals surface area (Å²) in [5.41, 5.74) is 3.92. The molecule has 130 valence electrons. The highest BCUT2D eigenvalue weighted by atomic mass is 32.2. The molecule has 0 bridgehead atoms. The number of nitrogens with zero attached hydrogens (tertiary/aromatic N) is 3. The van der Waals surface area contributed by atoms with Gasteiger partial charge in [0.2, 0.25) is 0 Å². The number of aromatic nitrogens is 2. The molecule has 0 fully saturated rings. The zero-order valence-electron chi connectivity index (χ0n) is 11.8. The van der Waals surface area contributed by atoms with Crippen molar-refractivity contribution < 1.29 is 31.5 Å². The van der Waals surface area contributed by atoms with Crippen molar-refractivity contribution in [3.63, 3.8) is 0 Å². The van der Waals surface area contributed by atoms with E-state index in [-0.39, 0.29) is 5.69 Å². The van der Waals surface area contributed by atoms with Crippen LogP contribution in [-0.4, -0.2) is 46.4 Å². The van der Waals surface area contributed by atoms with Crippen LogP contribution in [0.15, 0.2) is 6.07 Å². The van der Waals surface area contributed by atoms with Crippen molar-refractivity contribution in [2.45, 2.75) is 25.7 Å². The summed E-state index contributed by atoms with van der Waals surface area (Å²) < 4.78 is 61.3. The number of halogens is 3. The van der Waals surface area contributed by atoms with Crippen LogP contribution in [0.3, 0.4) is 0 Å². The molecular weight excluding hydrogens is 343 g/mol. The van der Waals surface area contributed by atoms with Crippen molar-refractivity contribution in [2.24, 2.45) is 10.9 Å². The van der Waals surface area contributed by atoms with E-state index in [1.165, 1.54) is 6.92 Å². The van der Waals surface area contributed by atoms with Gasteiger partial charge in [-0.15, -0.1) is 0 Å². The normalized spacial score (nSPS) is 14.0. The van der Waals surface area contributed by atoms with Gasteiger partial charge in [0.15, 0.2) is 0 Å². The Balaban J connectivity index is 3.14. The predicted octanol–water partition coefficient (Wildman–Crippen LogP) is -0.779. The molecule has 1 atom stereocenters. The minimum atomic E-state index is -4.74. The van der Waals surface area contributed by atoms with Gasteiger partial charge in [0.1, 0.15) is 17.6 Å². The summed E-state index contributed by atoms with van der Waals surface area (Å²) in [6.07, 6.45) is -4.74. The van der Waals surface area contributed by atoms with E-state index in [0.29, 0.717) is 10.4 Å². The second kappa shape index (κ2) is 6.74. The number of aryl methyl sites for hydroxylation is 1. The smallest absolute Gasteiger partial charge is 0.433 e. The van der Waals surface area contributed by atoms with E-state index in [2.05, 4.69) is 9.97 Å². The molecule has 0 aliphatic carbocycles. The highest BCUT2D eigenvalue weighted by molar-refractivity contribution is 7.86. The summed E-state index contributed by atoms with van der Waals surface area (Å²) in [5.74, 6) is -1.98. The summed E-state index contributed by atoms with van der Waals surface area (Å²) in [6, 6.07) is -0.923. The molecule has 0 radical (unpaired) electrons. The molecule has 1 aromatic heterocycles. The number of rotatable bonds is 6. The van der Waals surface area contributed by atoms with Gasteiger partial charge in [-0.05, 0) is 13.0 Å². The third kappa shape index (κ3) is 5.70. The first kappa shape index (κ1) is 19.2. The molecule has 0 amide bonds. The van der Waals surface area contributed by atoms with Crippen LogP contribution in [0.25, 0.3) is 0 Å². The molecule has 1 heterocycles. The van der Waals surface area contributed by atoms with Gasteiger partial charge in [0.25, 0.3) is 10.2 Å². The summed E-state index contributed by atoms with van der Waals surface area (Å²) >= 11 is 0. The maximum absolute atomic E-state index is 12.7. The number of alkyl halides is 3. The highest BCUT2D eigenvalue weighted by Crippen LogP contribution is 2.27. The number of hydrogen-bond acceptors (Lipinski definition) is 6. The van der Waals surface area contributed by atoms with Crippen molar-refractivity contribution in [1.82, 2.24) is 14.3 Å². The van der Waals surface area contributed by atoms with E-state index in [1.807, 2.05) is 0 Å². The maximum atomic E-state index is 12.7. The van der Waals surface area contributed by atoms with Crippen LogP contribution in [-0.2, 0) is 27.7 Å². The van der Waals surface area contributed by atoms with E-state index >= 15 is 0 Å². The third-order valence-corrected chi connectivity index (χ3v) is 3.58. The number of aliphatic carboxylic acids is 1. The topological polar surface area (TPSA) is 152 Å². The first-order valence-corrected chi connectivity index (χ1v) is 7.49. The first-order chi connectivity index (χ1) is 10.3. The SMILES string of the molecule is Cc1cc(C(F)(F)F)nc(CN(CC(N)C(=O)O)S(N)(=O)=O)n1. The fraction of sp³-hybridized carbons (Fsp3) is 0.500. The average Bonchev–Trinajstić information content (AvgIpc) is 2.34.